The molecule has 2 aromatic heterocycles. The van der Waals surface area contributed by atoms with Crippen molar-refractivity contribution in [3.05, 3.63) is 101 Å². The van der Waals surface area contributed by atoms with E-state index in [0.717, 1.165) is 41.2 Å². The summed E-state index contributed by atoms with van der Waals surface area (Å²) in [6.45, 7) is 5.18. The predicted molar refractivity (Wildman–Crippen MR) is 149 cm³/mol. The van der Waals surface area contributed by atoms with E-state index in [0.29, 0.717) is 36.8 Å². The molecule has 2 N–H and O–H groups in total. The van der Waals surface area contributed by atoms with E-state index >= 15 is 0 Å². The van der Waals surface area contributed by atoms with Crippen molar-refractivity contribution < 1.29 is 9.44 Å². The Morgan fingerprint density at radius 1 is 1.05 bits per heavy atom. The third-order valence-corrected chi connectivity index (χ3v) is 6.82. The molecule has 9 heteroatoms. The molecule has 1 fully saturated rings. The number of likely N-dealkylation sites (N-methyl/N-ethyl adjacent to an activating group) is 1. The normalized spacial score (nSPS) is 15.1. The summed E-state index contributed by atoms with van der Waals surface area (Å²) in [6.07, 6.45) is 5.17. The van der Waals surface area contributed by atoms with Gasteiger partial charge in [0.25, 0.3) is 5.91 Å². The molecular formula is C29H31N7O2. The van der Waals surface area contributed by atoms with Gasteiger partial charge in [-0.2, -0.15) is 0 Å². The lowest BCUT2D eigenvalue weighted by Gasteiger charge is -2.47. The molecule has 4 aromatic rings. The Hall–Kier alpha value is -4.18. The lowest BCUT2D eigenvalue weighted by Crippen LogP contribution is -2.54. The van der Waals surface area contributed by atoms with E-state index in [1.807, 2.05) is 62.5 Å². The van der Waals surface area contributed by atoms with Crippen LogP contribution in [0.25, 0.3) is 11.3 Å². The average molecular weight is 510 g/mol. The van der Waals surface area contributed by atoms with Crippen molar-refractivity contribution in [1.82, 2.24) is 19.9 Å². The topological polar surface area (TPSA) is 106 Å². The Labute approximate surface area is 222 Å². The number of hydrogen-bond acceptors (Lipinski definition) is 7. The monoisotopic (exact) mass is 509 g/mol. The van der Waals surface area contributed by atoms with Gasteiger partial charge in [0, 0.05) is 59.7 Å². The van der Waals surface area contributed by atoms with Crippen molar-refractivity contribution >= 4 is 23.2 Å². The molecule has 0 atom stereocenters. The molecule has 1 saturated heterocycles. The highest BCUT2D eigenvalue weighted by molar-refractivity contribution is 6.04. The molecule has 0 radical (unpaired) electrons. The van der Waals surface area contributed by atoms with Crippen LogP contribution in [0.3, 0.4) is 0 Å². The number of piperazine rings is 1. The number of carbonyl (C=O) groups is 1. The first kappa shape index (κ1) is 25.5. The maximum Gasteiger partial charge on any atom is 0.255 e. The van der Waals surface area contributed by atoms with Crippen molar-refractivity contribution in [2.45, 2.75) is 13.5 Å². The van der Waals surface area contributed by atoms with Gasteiger partial charge in [0.2, 0.25) is 5.95 Å². The maximum absolute atomic E-state index is 13.0. The Morgan fingerprint density at radius 3 is 2.58 bits per heavy atom. The Morgan fingerprint density at radius 2 is 1.84 bits per heavy atom. The summed E-state index contributed by atoms with van der Waals surface area (Å²) in [6, 6.07) is 18.6. The van der Waals surface area contributed by atoms with E-state index in [9.17, 15) is 10.0 Å². The Bertz CT molecular complexity index is 1400. The van der Waals surface area contributed by atoms with Crippen LogP contribution in [-0.4, -0.2) is 63.6 Å². The third kappa shape index (κ3) is 6.20. The van der Waals surface area contributed by atoms with E-state index in [-0.39, 0.29) is 10.6 Å². The first-order valence-electron chi connectivity index (χ1n) is 12.6. The van der Waals surface area contributed by atoms with Crippen molar-refractivity contribution in [3.63, 3.8) is 0 Å². The number of aryl methyl sites for hydroxylation is 1. The molecule has 1 amide bonds. The number of rotatable bonds is 7. The van der Waals surface area contributed by atoms with Gasteiger partial charge in [-0.25, -0.2) is 9.97 Å². The summed E-state index contributed by atoms with van der Waals surface area (Å²) in [5.41, 5.74) is 5.57. The molecule has 0 saturated carbocycles. The molecule has 0 aliphatic carbocycles. The maximum atomic E-state index is 13.0. The highest BCUT2D eigenvalue weighted by Gasteiger charge is 2.23. The quantitative estimate of drug-likeness (QED) is 0.277. The molecular weight excluding hydrogens is 478 g/mol. The van der Waals surface area contributed by atoms with E-state index in [2.05, 4.69) is 30.5 Å². The van der Waals surface area contributed by atoms with Crippen LogP contribution in [0.1, 0.15) is 21.5 Å². The van der Waals surface area contributed by atoms with Gasteiger partial charge < -0.3 is 20.5 Å². The zero-order valence-corrected chi connectivity index (χ0v) is 21.6. The number of benzene rings is 2. The molecule has 0 unspecified atom stereocenters. The van der Waals surface area contributed by atoms with Crippen LogP contribution in [0.2, 0.25) is 0 Å². The molecule has 0 bridgehead atoms. The minimum atomic E-state index is -0.218. The molecule has 1 aliphatic heterocycles. The van der Waals surface area contributed by atoms with E-state index in [4.69, 9.17) is 0 Å². The number of hydroxylamine groups is 3. The fourth-order valence-electron chi connectivity index (χ4n) is 4.43. The molecule has 38 heavy (non-hydrogen) atoms. The fourth-order valence-corrected chi connectivity index (χ4v) is 4.43. The largest absolute Gasteiger partial charge is 0.632 e. The summed E-state index contributed by atoms with van der Waals surface area (Å²) in [4.78, 5) is 28.2. The highest BCUT2D eigenvalue weighted by Crippen LogP contribution is 2.25. The first-order valence-corrected chi connectivity index (χ1v) is 12.6. The number of quaternary nitrogens is 1. The highest BCUT2D eigenvalue weighted by atomic mass is 16.5. The van der Waals surface area contributed by atoms with Crippen molar-refractivity contribution in [2.75, 3.05) is 43.9 Å². The number of nitrogens with one attached hydrogen (secondary N) is 2. The average Bonchev–Trinajstić information content (AvgIpc) is 2.93. The van der Waals surface area contributed by atoms with Crippen LogP contribution < -0.4 is 10.6 Å². The van der Waals surface area contributed by atoms with E-state index in [1.165, 1.54) is 0 Å². The molecule has 194 valence electrons. The molecule has 5 rings (SSSR count). The summed E-state index contributed by atoms with van der Waals surface area (Å²) in [7, 11) is 2.04. The van der Waals surface area contributed by atoms with Gasteiger partial charge in [-0.15, -0.1) is 0 Å². The zero-order chi connectivity index (χ0) is 26.5. The van der Waals surface area contributed by atoms with Crippen LogP contribution >= 0.6 is 0 Å². The number of hydrogen-bond donors (Lipinski definition) is 2. The van der Waals surface area contributed by atoms with Crippen molar-refractivity contribution in [2.24, 2.45) is 0 Å². The van der Waals surface area contributed by atoms with Crippen LogP contribution in [0.5, 0.6) is 0 Å². The van der Waals surface area contributed by atoms with Gasteiger partial charge >= 0.3 is 0 Å². The Balaban J connectivity index is 1.24. The fraction of sp³-hybridized carbons (Fsp3) is 0.241. The second-order valence-corrected chi connectivity index (χ2v) is 9.78. The molecule has 1 aliphatic rings. The number of carbonyl (C=O) groups excluding carboxylic acids is 1. The van der Waals surface area contributed by atoms with Crippen molar-refractivity contribution in [3.8, 4) is 11.3 Å². The number of anilines is 3. The van der Waals surface area contributed by atoms with Gasteiger partial charge in [-0.05, 0) is 62.0 Å². The van der Waals surface area contributed by atoms with Gasteiger partial charge in [0.15, 0.2) is 0 Å². The van der Waals surface area contributed by atoms with Crippen LogP contribution in [-0.2, 0) is 6.54 Å². The lowest BCUT2D eigenvalue weighted by molar-refractivity contribution is -0.898. The van der Waals surface area contributed by atoms with Gasteiger partial charge in [0.1, 0.15) is 6.54 Å². The number of pyridine rings is 1. The number of aromatic nitrogens is 3. The van der Waals surface area contributed by atoms with E-state index in [1.54, 1.807) is 30.7 Å². The standard InChI is InChI=1S/C29H31N7O2/c1-21-5-10-25(18-27(21)34-29-31-13-11-26(33-29)24-4-3-12-30-19-24)32-28(37)23-8-6-22(7-9-23)20-36(38)16-14-35(2)15-17-36/h3-13,18-19H,14-17,20H2,1-2H3,(H,32,37)(H,31,33,34). The molecule has 9 nitrogen and oxygen atoms in total. The predicted octanol–water partition coefficient (Wildman–Crippen LogP) is 4.60. The van der Waals surface area contributed by atoms with Gasteiger partial charge in [-0.3, -0.25) is 14.7 Å². The molecule has 0 spiro atoms. The second-order valence-electron chi connectivity index (χ2n) is 9.78. The molecule has 3 heterocycles. The first-order chi connectivity index (χ1) is 18.4. The van der Waals surface area contributed by atoms with Crippen molar-refractivity contribution in [1.29, 1.82) is 0 Å². The Kier molecular flexibility index (Phi) is 7.41. The van der Waals surface area contributed by atoms with Crippen LogP contribution in [0.4, 0.5) is 17.3 Å². The van der Waals surface area contributed by atoms with Crippen LogP contribution in [0, 0.1) is 12.1 Å². The smallest absolute Gasteiger partial charge is 0.255 e. The molecule has 2 aromatic carbocycles. The number of amides is 1. The minimum Gasteiger partial charge on any atom is -0.632 e. The third-order valence-electron chi connectivity index (χ3n) is 6.82. The lowest BCUT2D eigenvalue weighted by atomic mass is 10.1. The summed E-state index contributed by atoms with van der Waals surface area (Å²) < 4.78 is -0.218. The summed E-state index contributed by atoms with van der Waals surface area (Å²) in [5, 5.41) is 19.2. The summed E-state index contributed by atoms with van der Waals surface area (Å²) in [5.74, 6) is 0.236. The zero-order valence-electron chi connectivity index (χ0n) is 21.6. The second kappa shape index (κ2) is 11.1. The van der Waals surface area contributed by atoms with Crippen LogP contribution in [0.15, 0.2) is 79.3 Å². The van der Waals surface area contributed by atoms with E-state index < -0.39 is 0 Å². The SMILES string of the molecule is Cc1ccc(NC(=O)c2ccc(C[N+]3([O-])CCN(C)CC3)cc2)cc1Nc1nccc(-c2cccnc2)n1. The minimum absolute atomic E-state index is 0.216. The summed E-state index contributed by atoms with van der Waals surface area (Å²) >= 11 is 0. The van der Waals surface area contributed by atoms with Gasteiger partial charge in [0.05, 0.1) is 18.8 Å². The number of nitrogens with zero attached hydrogens (tertiary/aromatic N) is 5. The van der Waals surface area contributed by atoms with Gasteiger partial charge in [-0.1, -0.05) is 18.2 Å².